The Kier molecular flexibility index (Phi) is 4.98. The predicted molar refractivity (Wildman–Crippen MR) is 93.1 cm³/mol. The lowest BCUT2D eigenvalue weighted by molar-refractivity contribution is 0.444. The molecule has 140 valence electrons. The van der Waals surface area contributed by atoms with Crippen LogP contribution in [0.1, 0.15) is 16.7 Å². The second kappa shape index (κ2) is 7.22. The second-order valence-electron chi connectivity index (χ2n) is 6.16. The number of halogens is 4. The summed E-state index contributed by atoms with van der Waals surface area (Å²) in [7, 11) is 0. The molecule has 0 aliphatic carbocycles. The maximum absolute atomic E-state index is 13.7. The highest BCUT2D eigenvalue weighted by Crippen LogP contribution is 2.21. The van der Waals surface area contributed by atoms with Crippen LogP contribution >= 0.6 is 0 Å². The molecular formula is C19H15F4N3O. The minimum atomic E-state index is -1.59. The number of nitrogens with zero attached hydrogens (tertiary/aromatic N) is 2. The van der Waals surface area contributed by atoms with Crippen molar-refractivity contribution >= 4 is 11.6 Å². The van der Waals surface area contributed by atoms with Gasteiger partial charge in [-0.2, -0.15) is 9.37 Å². The summed E-state index contributed by atoms with van der Waals surface area (Å²) in [6, 6.07) is 7.11. The lowest BCUT2D eigenvalue weighted by Gasteiger charge is -2.16. The summed E-state index contributed by atoms with van der Waals surface area (Å²) in [6.07, 6.45) is 0.875. The van der Waals surface area contributed by atoms with Gasteiger partial charge in [0.05, 0.1) is 6.54 Å². The van der Waals surface area contributed by atoms with E-state index in [0.717, 1.165) is 29.5 Å². The number of rotatable bonds is 4. The third kappa shape index (κ3) is 3.99. The Labute approximate surface area is 152 Å². The normalized spacial score (nSPS) is 10.9. The van der Waals surface area contributed by atoms with Gasteiger partial charge in [-0.25, -0.2) is 13.2 Å². The Morgan fingerprint density at radius 3 is 2.30 bits per heavy atom. The fraction of sp³-hybridized carbons (Fsp3) is 0.158. The van der Waals surface area contributed by atoms with E-state index in [1.54, 1.807) is 6.07 Å². The maximum atomic E-state index is 13.7. The van der Waals surface area contributed by atoms with Crippen molar-refractivity contribution in [2.45, 2.75) is 20.4 Å². The fourth-order valence-corrected chi connectivity index (χ4v) is 2.66. The molecule has 0 saturated heterocycles. The van der Waals surface area contributed by atoms with E-state index in [4.69, 9.17) is 0 Å². The number of aromatic nitrogens is 2. The first-order chi connectivity index (χ1) is 12.7. The first-order valence-electron chi connectivity index (χ1n) is 7.99. The van der Waals surface area contributed by atoms with E-state index in [1.165, 1.54) is 4.57 Å². The van der Waals surface area contributed by atoms with Crippen molar-refractivity contribution in [1.29, 1.82) is 0 Å². The molecule has 1 heterocycles. The van der Waals surface area contributed by atoms with Gasteiger partial charge >= 0.3 is 5.56 Å². The second-order valence-corrected chi connectivity index (χ2v) is 6.16. The van der Waals surface area contributed by atoms with Gasteiger partial charge in [0.1, 0.15) is 0 Å². The molecule has 0 atom stereocenters. The highest BCUT2D eigenvalue weighted by Gasteiger charge is 2.14. The van der Waals surface area contributed by atoms with E-state index >= 15 is 0 Å². The molecule has 0 unspecified atom stereocenters. The quantitative estimate of drug-likeness (QED) is 0.547. The van der Waals surface area contributed by atoms with E-state index < -0.39 is 28.8 Å². The van der Waals surface area contributed by atoms with Gasteiger partial charge in [0.15, 0.2) is 17.5 Å². The van der Waals surface area contributed by atoms with E-state index in [9.17, 15) is 22.4 Å². The Balaban J connectivity index is 2.02. The van der Waals surface area contributed by atoms with Crippen LogP contribution in [-0.4, -0.2) is 9.55 Å². The van der Waals surface area contributed by atoms with Gasteiger partial charge in [0.2, 0.25) is 11.8 Å². The molecule has 2 aromatic carbocycles. The van der Waals surface area contributed by atoms with Crippen LogP contribution in [0.2, 0.25) is 0 Å². The van der Waals surface area contributed by atoms with Crippen molar-refractivity contribution < 1.29 is 17.6 Å². The molecule has 0 amide bonds. The molecule has 1 N–H and O–H groups in total. The summed E-state index contributed by atoms with van der Waals surface area (Å²) >= 11 is 0. The fourth-order valence-electron chi connectivity index (χ4n) is 2.66. The summed E-state index contributed by atoms with van der Waals surface area (Å²) in [6.45, 7) is 3.53. The van der Waals surface area contributed by atoms with Crippen molar-refractivity contribution in [3.8, 4) is 0 Å². The average molecular weight is 377 g/mol. The Bertz CT molecular complexity index is 1060. The van der Waals surface area contributed by atoms with E-state index in [-0.39, 0.29) is 18.1 Å². The summed E-state index contributed by atoms with van der Waals surface area (Å²) in [4.78, 5) is 15.3. The lowest BCUT2D eigenvalue weighted by Crippen LogP contribution is -2.20. The summed E-state index contributed by atoms with van der Waals surface area (Å²) < 4.78 is 54.9. The van der Waals surface area contributed by atoms with Crippen LogP contribution in [-0.2, 0) is 6.54 Å². The number of benzene rings is 2. The van der Waals surface area contributed by atoms with Crippen molar-refractivity contribution in [2.75, 3.05) is 5.32 Å². The van der Waals surface area contributed by atoms with Gasteiger partial charge in [-0.15, -0.1) is 0 Å². The number of hydrogen-bond donors (Lipinski definition) is 1. The molecule has 1 aromatic heterocycles. The molecular weight excluding hydrogens is 362 g/mol. The summed E-state index contributed by atoms with van der Waals surface area (Å²) in [5, 5.41) is 2.92. The Morgan fingerprint density at radius 2 is 1.67 bits per heavy atom. The van der Waals surface area contributed by atoms with Crippen molar-refractivity contribution in [1.82, 2.24) is 9.55 Å². The summed E-state index contributed by atoms with van der Waals surface area (Å²) in [5.74, 6) is -5.44. The number of aryl methyl sites for hydroxylation is 2. The average Bonchev–Trinajstić information content (AvgIpc) is 2.59. The van der Waals surface area contributed by atoms with Crippen LogP contribution in [0, 0.1) is 37.1 Å². The van der Waals surface area contributed by atoms with Gasteiger partial charge < -0.3 is 9.88 Å². The van der Waals surface area contributed by atoms with Crippen LogP contribution in [0.3, 0.4) is 0 Å². The van der Waals surface area contributed by atoms with Gasteiger partial charge in [-0.3, -0.25) is 4.79 Å². The van der Waals surface area contributed by atoms with Crippen LogP contribution in [0.25, 0.3) is 0 Å². The highest BCUT2D eigenvalue weighted by atomic mass is 19.2. The molecule has 0 radical (unpaired) electrons. The molecule has 0 aliphatic rings. The van der Waals surface area contributed by atoms with Crippen LogP contribution in [0.4, 0.5) is 29.2 Å². The van der Waals surface area contributed by atoms with Crippen molar-refractivity contribution in [3.63, 3.8) is 0 Å². The van der Waals surface area contributed by atoms with Crippen molar-refractivity contribution in [2.24, 2.45) is 0 Å². The lowest BCUT2D eigenvalue weighted by atomic mass is 10.1. The molecule has 0 bridgehead atoms. The molecule has 4 nitrogen and oxygen atoms in total. The van der Waals surface area contributed by atoms with Gasteiger partial charge in [0, 0.05) is 11.9 Å². The Morgan fingerprint density at radius 1 is 1.00 bits per heavy atom. The van der Waals surface area contributed by atoms with Gasteiger partial charge in [-0.05, 0) is 43.2 Å². The molecule has 3 aromatic rings. The highest BCUT2D eigenvalue weighted by molar-refractivity contribution is 5.59. The van der Waals surface area contributed by atoms with E-state index in [2.05, 4.69) is 10.3 Å². The summed E-state index contributed by atoms with van der Waals surface area (Å²) in [5.41, 5.74) is 1.48. The third-order valence-corrected chi connectivity index (χ3v) is 3.98. The molecule has 3 rings (SSSR count). The zero-order valence-electron chi connectivity index (χ0n) is 14.5. The number of hydrogen-bond acceptors (Lipinski definition) is 3. The monoisotopic (exact) mass is 377 g/mol. The standard InChI is InChI=1S/C19H15F4N3O/c1-10-3-4-16(11(2)5-10)24-19-25-18(27)15(22)9-26(19)8-12-6-13(20)17(23)14(21)7-12/h3-7,9H,8H2,1-2H3,(H,24,25,27). The van der Waals surface area contributed by atoms with E-state index in [1.807, 2.05) is 26.0 Å². The van der Waals surface area contributed by atoms with Gasteiger partial charge in [0.25, 0.3) is 0 Å². The smallest absolute Gasteiger partial charge is 0.310 e. The molecule has 0 saturated carbocycles. The Hall–Kier alpha value is -3.16. The van der Waals surface area contributed by atoms with Crippen molar-refractivity contribution in [3.05, 3.63) is 86.8 Å². The van der Waals surface area contributed by atoms with Crippen LogP contribution in [0.15, 0.2) is 41.3 Å². The maximum Gasteiger partial charge on any atom is 0.310 e. The number of nitrogens with one attached hydrogen (secondary N) is 1. The molecule has 27 heavy (non-hydrogen) atoms. The largest absolute Gasteiger partial charge is 0.325 e. The SMILES string of the molecule is Cc1ccc(Nc2nc(=O)c(F)cn2Cc2cc(F)c(F)c(F)c2)c(C)c1. The molecule has 0 aliphatic heterocycles. The van der Waals surface area contributed by atoms with Crippen LogP contribution < -0.4 is 10.9 Å². The first-order valence-corrected chi connectivity index (χ1v) is 7.99. The minimum absolute atomic E-state index is 0.0153. The molecule has 8 heteroatoms. The van der Waals surface area contributed by atoms with E-state index in [0.29, 0.717) is 5.69 Å². The van der Waals surface area contributed by atoms with Crippen LogP contribution in [0.5, 0.6) is 0 Å². The van der Waals surface area contributed by atoms with Gasteiger partial charge in [-0.1, -0.05) is 17.7 Å². The minimum Gasteiger partial charge on any atom is -0.325 e. The molecule has 0 spiro atoms. The zero-order chi connectivity index (χ0) is 19.7. The topological polar surface area (TPSA) is 46.9 Å². The third-order valence-electron chi connectivity index (χ3n) is 3.98. The number of anilines is 2. The predicted octanol–water partition coefficient (Wildman–Crippen LogP) is 4.21. The molecule has 0 fully saturated rings. The zero-order valence-corrected chi connectivity index (χ0v) is 14.5. The first kappa shape index (κ1) is 18.6.